The molecule has 2 aromatic heterocycles. The second-order valence-electron chi connectivity index (χ2n) is 6.24. The van der Waals surface area contributed by atoms with Crippen LogP contribution >= 0.6 is 0 Å². The third-order valence-corrected chi connectivity index (χ3v) is 3.68. The van der Waals surface area contributed by atoms with Crippen LogP contribution in [0.15, 0.2) is 34.1 Å². The van der Waals surface area contributed by atoms with Crippen LogP contribution in [-0.2, 0) is 33.6 Å². The first kappa shape index (κ1) is 30.4. The summed E-state index contributed by atoms with van der Waals surface area (Å²) in [6.07, 6.45) is 1.36. The van der Waals surface area contributed by atoms with Crippen LogP contribution in [0.25, 0.3) is 0 Å². The number of Topliss-reactive ketones (excluding diaryl/α,β-unsaturated/α-hetero) is 1. The Balaban J connectivity index is 0.00000578. The average Bonchev–Trinajstić information content (AvgIpc) is 2.79. The topological polar surface area (TPSA) is 212 Å². The molecule has 2 heterocycles. The quantitative estimate of drug-likeness (QED) is 0.170. The van der Waals surface area contributed by atoms with E-state index >= 15 is 0 Å². The van der Waals surface area contributed by atoms with Crippen molar-refractivity contribution in [3.8, 4) is 0 Å². The van der Waals surface area contributed by atoms with E-state index in [2.05, 4.69) is 35.7 Å². The van der Waals surface area contributed by atoms with E-state index in [-0.39, 0.29) is 71.0 Å². The van der Waals surface area contributed by atoms with Gasteiger partial charge in [-0.25, -0.2) is 40.1 Å². The molecule has 0 aliphatic heterocycles. The summed E-state index contributed by atoms with van der Waals surface area (Å²) < 4.78 is 4.85. The molecule has 0 saturated heterocycles. The Morgan fingerprint density at radius 2 is 1.17 bits per heavy atom. The summed E-state index contributed by atoms with van der Waals surface area (Å²) in [5.74, 6) is -2.34. The zero-order chi connectivity index (χ0) is 24.1. The van der Waals surface area contributed by atoms with E-state index in [0.29, 0.717) is 0 Å². The maximum absolute atomic E-state index is 11.8. The normalized spacial score (nSPS) is 9.49. The number of nitrogens with one attached hydrogen (secondary N) is 4. The van der Waals surface area contributed by atoms with Crippen LogP contribution in [-0.4, -0.2) is 50.2 Å². The molecule has 0 bridgehead atoms. The van der Waals surface area contributed by atoms with Gasteiger partial charge in [-0.05, 0) is 0 Å². The summed E-state index contributed by atoms with van der Waals surface area (Å²) in [7, 11) is 0. The van der Waals surface area contributed by atoms with Gasteiger partial charge >= 0.3 is 29.3 Å². The van der Waals surface area contributed by atoms with Crippen molar-refractivity contribution in [1.29, 1.82) is 0 Å². The highest BCUT2D eigenvalue weighted by Crippen LogP contribution is 2.03. The molecule has 192 valence electrons. The number of carbonyl (C=O) groups is 4. The van der Waals surface area contributed by atoms with Gasteiger partial charge in [0, 0.05) is 37.4 Å². The Morgan fingerprint density at radius 3 is 1.66 bits per heavy atom. The van der Waals surface area contributed by atoms with Gasteiger partial charge in [0.25, 0.3) is 0 Å². The summed E-state index contributed by atoms with van der Waals surface area (Å²) in [6, 6.07) is 2.73. The van der Waals surface area contributed by atoms with E-state index in [9.17, 15) is 28.8 Å². The molecule has 0 aliphatic carbocycles. The molecule has 0 amide bonds. The Labute approximate surface area is 199 Å². The van der Waals surface area contributed by atoms with Crippen LogP contribution < -0.4 is 22.3 Å². The van der Waals surface area contributed by atoms with Crippen LogP contribution in [0.3, 0.4) is 0 Å². The summed E-state index contributed by atoms with van der Waals surface area (Å²) in [4.78, 5) is 89.3. The van der Waals surface area contributed by atoms with Gasteiger partial charge in [0.2, 0.25) is 0 Å². The minimum atomic E-state index is -0.774. The molecule has 15 heteroatoms. The van der Waals surface area contributed by atoms with Crippen LogP contribution in [0.1, 0.15) is 47.0 Å². The molecule has 4 N–H and O–H groups in total. The molecule has 2 rings (SSSR count). The maximum atomic E-state index is 11.8. The van der Waals surface area contributed by atoms with Crippen molar-refractivity contribution in [2.24, 2.45) is 0 Å². The lowest BCUT2D eigenvalue weighted by atomic mass is 10.2. The Bertz CT molecular complexity index is 1010. The maximum Gasteiger partial charge on any atom is 0.346 e. The number of H-pyrrole nitrogens is 2. The Kier molecular flexibility index (Phi) is 14.0. The van der Waals surface area contributed by atoms with Gasteiger partial charge in [0.1, 0.15) is 17.4 Å². The lowest BCUT2D eigenvalue weighted by Crippen LogP contribution is -2.18. The van der Waals surface area contributed by atoms with Gasteiger partial charge in [0.15, 0.2) is 0 Å². The third kappa shape index (κ3) is 12.9. The summed E-state index contributed by atoms with van der Waals surface area (Å²) in [6.45, 7) is -0.214. The molecule has 0 unspecified atom stereocenters. The van der Waals surface area contributed by atoms with Crippen molar-refractivity contribution in [3.63, 3.8) is 0 Å². The number of hydrogen-bond donors (Lipinski definition) is 4. The van der Waals surface area contributed by atoms with E-state index < -0.39 is 29.3 Å². The zero-order valence-electron chi connectivity index (χ0n) is 17.1. The molecule has 15 nitrogen and oxygen atoms in total. The number of anilines is 2. The molecule has 0 atom stereocenters. The minimum Gasteiger partial charge on any atom is -0.465 e. The van der Waals surface area contributed by atoms with Crippen molar-refractivity contribution in [1.82, 2.24) is 19.9 Å². The van der Waals surface area contributed by atoms with Gasteiger partial charge < -0.3 is 14.4 Å². The Hall–Kier alpha value is -4.56. The highest BCUT2D eigenvalue weighted by Gasteiger charge is 2.12. The second-order valence-corrected chi connectivity index (χ2v) is 6.24. The summed E-state index contributed by atoms with van der Waals surface area (Å²) in [5.41, 5.74) is 3.17. The van der Waals surface area contributed by atoms with Crippen molar-refractivity contribution >= 4 is 35.3 Å². The SMILES string of the molecule is C.C.O=C(CCOC(=O)CCC(=O)ONc1ccnc(=O)[nH]1)CCC(=O)ONc1ccnc(=O)[nH]1. The average molecular weight is 496 g/mol. The fraction of sp³-hybridized carbons (Fsp3) is 0.400. The lowest BCUT2D eigenvalue weighted by Gasteiger charge is -2.07. The largest absolute Gasteiger partial charge is 0.465 e. The molecule has 35 heavy (non-hydrogen) atoms. The number of ketones is 1. The fourth-order valence-electron chi connectivity index (χ4n) is 2.10. The minimum absolute atomic E-state index is 0. The summed E-state index contributed by atoms with van der Waals surface area (Å²) in [5, 5.41) is 0. The van der Waals surface area contributed by atoms with Crippen molar-refractivity contribution in [2.45, 2.75) is 47.0 Å². The fourth-order valence-corrected chi connectivity index (χ4v) is 2.10. The van der Waals surface area contributed by atoms with Gasteiger partial charge in [-0.2, -0.15) is 0 Å². The highest BCUT2D eigenvalue weighted by atomic mass is 16.7. The van der Waals surface area contributed by atoms with Crippen molar-refractivity contribution in [2.75, 3.05) is 17.6 Å². The monoisotopic (exact) mass is 496 g/mol. The van der Waals surface area contributed by atoms with Gasteiger partial charge in [-0.3, -0.25) is 19.6 Å². The number of aromatic amines is 2. The van der Waals surface area contributed by atoms with E-state index in [1.165, 1.54) is 24.5 Å². The molecular formula is C20H28N6O9. The zero-order valence-corrected chi connectivity index (χ0v) is 17.1. The number of ether oxygens (including phenoxy) is 1. The van der Waals surface area contributed by atoms with E-state index in [4.69, 9.17) is 9.57 Å². The van der Waals surface area contributed by atoms with Crippen LogP contribution in [0.2, 0.25) is 0 Å². The number of carbonyl (C=O) groups excluding carboxylic acids is 4. The number of hydrogen-bond acceptors (Lipinski definition) is 13. The van der Waals surface area contributed by atoms with Crippen LogP contribution in [0.4, 0.5) is 11.6 Å². The van der Waals surface area contributed by atoms with E-state index in [0.717, 1.165) is 0 Å². The molecule has 2 aromatic rings. The third-order valence-electron chi connectivity index (χ3n) is 3.68. The molecule has 0 saturated carbocycles. The number of rotatable bonds is 13. The first-order valence-electron chi connectivity index (χ1n) is 9.51. The van der Waals surface area contributed by atoms with Gasteiger partial charge in [-0.15, -0.1) is 0 Å². The number of aromatic nitrogens is 4. The molecule has 0 spiro atoms. The molecule has 0 aromatic carbocycles. The van der Waals surface area contributed by atoms with Crippen LogP contribution in [0.5, 0.6) is 0 Å². The standard InChI is InChI=1S/C18H20N6O9.2CH4/c25-11(1-2-15(27)32-23-12-5-8-19-17(29)21-12)7-10-31-14(26)3-4-16(28)33-24-13-6-9-20-18(30)22-13;;/h5-6,8-9H,1-4,7,10H2,(H2,19,21,23,29)(H2,20,22,24,30);2*1H4. The summed E-state index contributed by atoms with van der Waals surface area (Å²) >= 11 is 0. The van der Waals surface area contributed by atoms with E-state index in [1.807, 2.05) is 0 Å². The van der Waals surface area contributed by atoms with Crippen LogP contribution in [0, 0.1) is 0 Å². The number of esters is 1. The first-order chi connectivity index (χ1) is 15.8. The van der Waals surface area contributed by atoms with Crippen molar-refractivity contribution in [3.05, 3.63) is 45.5 Å². The Morgan fingerprint density at radius 1 is 0.714 bits per heavy atom. The first-order valence-corrected chi connectivity index (χ1v) is 9.51. The molecular weight excluding hydrogens is 468 g/mol. The van der Waals surface area contributed by atoms with Gasteiger partial charge in [-0.1, -0.05) is 14.9 Å². The molecule has 0 fully saturated rings. The number of nitrogens with zero attached hydrogens (tertiary/aromatic N) is 2. The van der Waals surface area contributed by atoms with Gasteiger partial charge in [0.05, 0.1) is 25.9 Å². The lowest BCUT2D eigenvalue weighted by molar-refractivity contribution is -0.149. The second kappa shape index (κ2) is 16.1. The molecule has 0 aliphatic rings. The van der Waals surface area contributed by atoms with Crippen molar-refractivity contribution < 1.29 is 33.6 Å². The molecule has 0 radical (unpaired) electrons. The smallest absolute Gasteiger partial charge is 0.346 e. The predicted molar refractivity (Wildman–Crippen MR) is 122 cm³/mol. The highest BCUT2D eigenvalue weighted by molar-refractivity contribution is 5.83. The van der Waals surface area contributed by atoms with E-state index in [1.54, 1.807) is 0 Å². The predicted octanol–water partition coefficient (Wildman–Crippen LogP) is 0.629.